The second-order valence-corrected chi connectivity index (χ2v) is 6.96. The number of nitrogens with zero attached hydrogens (tertiary/aromatic N) is 2. The minimum absolute atomic E-state index is 0.114. The van der Waals surface area contributed by atoms with Crippen LogP contribution < -0.4 is 16.6 Å². The molecule has 138 valence electrons. The number of aromatic nitrogens is 2. The van der Waals surface area contributed by atoms with Gasteiger partial charge in [0, 0.05) is 6.07 Å². The van der Waals surface area contributed by atoms with Crippen LogP contribution in [0.2, 0.25) is 0 Å². The molecule has 2 aromatic heterocycles. The Bertz CT molecular complexity index is 1030. The van der Waals surface area contributed by atoms with Gasteiger partial charge in [0.15, 0.2) is 0 Å². The van der Waals surface area contributed by atoms with Crippen molar-refractivity contribution in [3.05, 3.63) is 69.8 Å². The van der Waals surface area contributed by atoms with Gasteiger partial charge in [-0.3, -0.25) is 14.4 Å². The molecular weight excluding hydrogens is 364 g/mol. The highest BCUT2D eigenvalue weighted by molar-refractivity contribution is 7.13. The number of primary amides is 1. The molecule has 0 aliphatic carbocycles. The molecule has 0 bridgehead atoms. The number of nitrogens with one attached hydrogen (secondary N) is 1. The van der Waals surface area contributed by atoms with E-state index in [4.69, 9.17) is 5.73 Å². The molecule has 0 saturated heterocycles. The Morgan fingerprint density at radius 1 is 1.19 bits per heavy atom. The topological polar surface area (TPSA) is 107 Å². The van der Waals surface area contributed by atoms with Crippen LogP contribution in [-0.2, 0) is 11.3 Å². The van der Waals surface area contributed by atoms with Crippen molar-refractivity contribution in [1.29, 1.82) is 0 Å². The van der Waals surface area contributed by atoms with Crippen molar-refractivity contribution in [1.82, 2.24) is 9.78 Å². The summed E-state index contributed by atoms with van der Waals surface area (Å²) in [4.78, 5) is 37.0. The van der Waals surface area contributed by atoms with Gasteiger partial charge in [-0.15, -0.1) is 11.3 Å². The molecule has 8 heteroatoms. The molecule has 2 amide bonds. The Balaban J connectivity index is 1.77. The molecule has 7 nitrogen and oxygen atoms in total. The Morgan fingerprint density at radius 2 is 1.96 bits per heavy atom. The van der Waals surface area contributed by atoms with Crippen LogP contribution in [0.4, 0.5) is 5.69 Å². The third-order valence-corrected chi connectivity index (χ3v) is 4.88. The standard InChI is InChI=1S/C19H18N4O3S/c1-12(19(26)21-14-6-3-2-5-13(14)18(20)25)11-23-17(24)9-8-15(22-23)16-7-4-10-27-16/h2-10,12H,11H2,1H3,(H2,20,25)(H,21,26)/t12-/m0/s1. The zero-order chi connectivity index (χ0) is 19.4. The maximum absolute atomic E-state index is 12.5. The number of para-hydroxylation sites is 1. The molecule has 3 rings (SSSR count). The fourth-order valence-corrected chi connectivity index (χ4v) is 3.23. The van der Waals surface area contributed by atoms with Gasteiger partial charge in [-0.05, 0) is 29.6 Å². The predicted octanol–water partition coefficient (Wildman–Crippen LogP) is 2.35. The molecule has 0 saturated carbocycles. The van der Waals surface area contributed by atoms with Gasteiger partial charge in [0.2, 0.25) is 5.91 Å². The number of benzene rings is 1. The van der Waals surface area contributed by atoms with Crippen molar-refractivity contribution >= 4 is 28.8 Å². The quantitative estimate of drug-likeness (QED) is 0.682. The van der Waals surface area contributed by atoms with E-state index >= 15 is 0 Å². The fourth-order valence-electron chi connectivity index (χ4n) is 2.54. The monoisotopic (exact) mass is 382 g/mol. The summed E-state index contributed by atoms with van der Waals surface area (Å²) in [6, 6.07) is 13.4. The molecule has 27 heavy (non-hydrogen) atoms. The second kappa shape index (κ2) is 7.96. The highest BCUT2D eigenvalue weighted by Crippen LogP contribution is 2.21. The van der Waals surface area contributed by atoms with Gasteiger partial charge in [-0.25, -0.2) is 4.68 Å². The summed E-state index contributed by atoms with van der Waals surface area (Å²) in [6.45, 7) is 1.80. The lowest BCUT2D eigenvalue weighted by Gasteiger charge is -2.15. The third kappa shape index (κ3) is 4.29. The van der Waals surface area contributed by atoms with Gasteiger partial charge in [-0.1, -0.05) is 25.1 Å². The third-order valence-electron chi connectivity index (χ3n) is 3.99. The van der Waals surface area contributed by atoms with Crippen molar-refractivity contribution < 1.29 is 9.59 Å². The van der Waals surface area contributed by atoms with Crippen LogP contribution >= 0.6 is 11.3 Å². The van der Waals surface area contributed by atoms with E-state index in [-0.39, 0.29) is 23.6 Å². The number of carbonyl (C=O) groups excluding carboxylic acids is 2. The predicted molar refractivity (Wildman–Crippen MR) is 105 cm³/mol. The summed E-state index contributed by atoms with van der Waals surface area (Å²) in [6.07, 6.45) is 0. The fraction of sp³-hybridized carbons (Fsp3) is 0.158. The Labute approximate surface area is 159 Å². The van der Waals surface area contributed by atoms with Crippen molar-refractivity contribution in [2.45, 2.75) is 13.5 Å². The lowest BCUT2D eigenvalue weighted by molar-refractivity contribution is -0.119. The van der Waals surface area contributed by atoms with Gasteiger partial charge in [-0.2, -0.15) is 5.10 Å². The number of hydrogen-bond donors (Lipinski definition) is 2. The van der Waals surface area contributed by atoms with Crippen LogP contribution in [-0.4, -0.2) is 21.6 Å². The molecule has 0 spiro atoms. The molecule has 0 aliphatic heterocycles. The number of thiophene rings is 1. The molecule has 2 heterocycles. The Hall–Kier alpha value is -3.26. The summed E-state index contributed by atoms with van der Waals surface area (Å²) in [5, 5.41) is 8.97. The number of rotatable bonds is 6. The van der Waals surface area contributed by atoms with Crippen molar-refractivity contribution in [3.8, 4) is 10.6 Å². The lowest BCUT2D eigenvalue weighted by atomic mass is 10.1. The van der Waals surface area contributed by atoms with Crippen molar-refractivity contribution in [2.24, 2.45) is 11.7 Å². The van der Waals surface area contributed by atoms with Gasteiger partial charge in [0.25, 0.3) is 11.5 Å². The van der Waals surface area contributed by atoms with E-state index in [1.54, 1.807) is 37.3 Å². The van der Waals surface area contributed by atoms with Crippen LogP contribution in [0.3, 0.4) is 0 Å². The SMILES string of the molecule is C[C@@H](Cn1nc(-c2cccs2)ccc1=O)C(=O)Nc1ccccc1C(N)=O. The van der Waals surface area contributed by atoms with E-state index in [1.807, 2.05) is 17.5 Å². The Kier molecular flexibility index (Phi) is 5.46. The zero-order valence-electron chi connectivity index (χ0n) is 14.6. The number of anilines is 1. The van der Waals surface area contributed by atoms with Crippen LogP contribution in [0.1, 0.15) is 17.3 Å². The summed E-state index contributed by atoms with van der Waals surface area (Å²) in [7, 11) is 0. The summed E-state index contributed by atoms with van der Waals surface area (Å²) in [5.74, 6) is -1.51. The van der Waals surface area contributed by atoms with Crippen molar-refractivity contribution in [3.63, 3.8) is 0 Å². The number of amides is 2. The van der Waals surface area contributed by atoms with E-state index in [9.17, 15) is 14.4 Å². The smallest absolute Gasteiger partial charge is 0.266 e. The molecule has 0 radical (unpaired) electrons. The first-order chi connectivity index (χ1) is 13.0. The first-order valence-electron chi connectivity index (χ1n) is 8.27. The first kappa shape index (κ1) is 18.5. The van der Waals surface area contributed by atoms with Crippen LogP contribution in [0.15, 0.2) is 58.7 Å². The average molecular weight is 382 g/mol. The first-order valence-corrected chi connectivity index (χ1v) is 9.15. The molecule has 1 atom stereocenters. The van der Waals surface area contributed by atoms with E-state index in [0.29, 0.717) is 11.4 Å². The largest absolute Gasteiger partial charge is 0.366 e. The Morgan fingerprint density at radius 3 is 2.67 bits per heavy atom. The average Bonchev–Trinajstić information content (AvgIpc) is 3.18. The zero-order valence-corrected chi connectivity index (χ0v) is 15.4. The minimum Gasteiger partial charge on any atom is -0.366 e. The summed E-state index contributed by atoms with van der Waals surface area (Å²) >= 11 is 1.52. The molecule has 0 unspecified atom stereocenters. The van der Waals surface area contributed by atoms with Crippen LogP contribution in [0.25, 0.3) is 10.6 Å². The highest BCUT2D eigenvalue weighted by atomic mass is 32.1. The van der Waals surface area contributed by atoms with Gasteiger partial charge in [0.1, 0.15) is 5.69 Å². The van der Waals surface area contributed by atoms with Crippen molar-refractivity contribution in [2.75, 3.05) is 5.32 Å². The minimum atomic E-state index is -0.625. The molecule has 3 aromatic rings. The molecule has 1 aromatic carbocycles. The maximum Gasteiger partial charge on any atom is 0.266 e. The lowest BCUT2D eigenvalue weighted by Crippen LogP contribution is -2.31. The van der Waals surface area contributed by atoms with Crippen LogP contribution in [0.5, 0.6) is 0 Å². The van der Waals surface area contributed by atoms with Crippen LogP contribution in [0, 0.1) is 5.92 Å². The molecule has 0 aliphatic rings. The molecular formula is C19H18N4O3S. The number of carbonyl (C=O) groups is 2. The van der Waals surface area contributed by atoms with Gasteiger partial charge >= 0.3 is 0 Å². The summed E-state index contributed by atoms with van der Waals surface area (Å²) < 4.78 is 1.28. The second-order valence-electron chi connectivity index (χ2n) is 6.02. The van der Waals surface area contributed by atoms with Gasteiger partial charge < -0.3 is 11.1 Å². The molecule has 3 N–H and O–H groups in total. The van der Waals surface area contributed by atoms with E-state index in [0.717, 1.165) is 4.88 Å². The maximum atomic E-state index is 12.5. The van der Waals surface area contributed by atoms with E-state index < -0.39 is 11.8 Å². The number of hydrogen-bond acceptors (Lipinski definition) is 5. The molecule has 0 fully saturated rings. The number of nitrogens with two attached hydrogens (primary N) is 1. The summed E-state index contributed by atoms with van der Waals surface area (Å²) in [5.41, 5.74) is 6.29. The van der Waals surface area contributed by atoms with Gasteiger partial charge in [0.05, 0.1) is 28.6 Å². The van der Waals surface area contributed by atoms with E-state index in [2.05, 4.69) is 10.4 Å². The highest BCUT2D eigenvalue weighted by Gasteiger charge is 2.18. The van der Waals surface area contributed by atoms with E-state index in [1.165, 1.54) is 22.1 Å². The normalized spacial score (nSPS) is 11.7.